The number of nitrogen functional groups attached to an aromatic ring is 1. The average Bonchev–Trinajstić information content (AvgIpc) is 2.15. The minimum atomic E-state index is -3.99. The summed E-state index contributed by atoms with van der Waals surface area (Å²) in [6, 6.07) is 4.15. The van der Waals surface area contributed by atoms with Crippen molar-refractivity contribution in [2.24, 2.45) is 15.9 Å². The zero-order chi connectivity index (χ0) is 12.3. The SMILES string of the molecule is COc1ccc(N)cc1S(=O)(=O)N=C(N)N. The standard InChI is InChI=1S/C8H12N4O3S/c1-15-6-3-2-5(9)4-7(6)16(13,14)12-8(10)11/h2-4H,9H2,1H3,(H4,10,11,12). The topological polar surface area (TPSA) is 134 Å². The lowest BCUT2D eigenvalue weighted by atomic mass is 10.3. The molecule has 0 amide bonds. The molecule has 0 bridgehead atoms. The molecular weight excluding hydrogens is 232 g/mol. The number of anilines is 1. The van der Waals surface area contributed by atoms with Gasteiger partial charge in [0.25, 0.3) is 10.0 Å². The molecule has 88 valence electrons. The van der Waals surface area contributed by atoms with E-state index in [1.165, 1.54) is 25.3 Å². The largest absolute Gasteiger partial charge is 0.495 e. The molecule has 0 aliphatic carbocycles. The zero-order valence-electron chi connectivity index (χ0n) is 8.54. The number of hydrogen-bond donors (Lipinski definition) is 3. The Morgan fingerprint density at radius 2 is 2.00 bits per heavy atom. The van der Waals surface area contributed by atoms with Gasteiger partial charge in [0.05, 0.1) is 7.11 Å². The van der Waals surface area contributed by atoms with Crippen molar-refractivity contribution in [1.29, 1.82) is 0 Å². The second-order valence-corrected chi connectivity index (χ2v) is 4.47. The molecule has 8 heteroatoms. The molecule has 0 fully saturated rings. The summed E-state index contributed by atoms with van der Waals surface area (Å²) < 4.78 is 31.4. The van der Waals surface area contributed by atoms with Gasteiger partial charge in [-0.2, -0.15) is 8.42 Å². The van der Waals surface area contributed by atoms with Gasteiger partial charge < -0.3 is 21.9 Å². The average molecular weight is 244 g/mol. The molecule has 0 radical (unpaired) electrons. The van der Waals surface area contributed by atoms with E-state index < -0.39 is 16.0 Å². The van der Waals surface area contributed by atoms with Gasteiger partial charge in [0.15, 0.2) is 0 Å². The molecule has 0 heterocycles. The lowest BCUT2D eigenvalue weighted by Gasteiger charge is -2.07. The van der Waals surface area contributed by atoms with E-state index in [1.54, 1.807) is 0 Å². The fourth-order valence-corrected chi connectivity index (χ4v) is 2.15. The summed E-state index contributed by atoms with van der Waals surface area (Å²) in [6.07, 6.45) is 0. The summed E-state index contributed by atoms with van der Waals surface area (Å²) in [5.74, 6) is -0.427. The molecule has 6 N–H and O–H groups in total. The molecule has 0 unspecified atom stereocenters. The first kappa shape index (κ1) is 12.1. The molecule has 16 heavy (non-hydrogen) atoms. The predicted molar refractivity (Wildman–Crippen MR) is 60.4 cm³/mol. The van der Waals surface area contributed by atoms with E-state index >= 15 is 0 Å². The Balaban J connectivity index is 3.43. The Hall–Kier alpha value is -1.96. The van der Waals surface area contributed by atoms with Crippen LogP contribution < -0.4 is 21.9 Å². The van der Waals surface area contributed by atoms with Crippen molar-refractivity contribution < 1.29 is 13.2 Å². The maximum absolute atomic E-state index is 11.7. The molecule has 1 aromatic carbocycles. The van der Waals surface area contributed by atoms with Gasteiger partial charge in [0, 0.05) is 5.69 Å². The van der Waals surface area contributed by atoms with E-state index in [2.05, 4.69) is 4.40 Å². The van der Waals surface area contributed by atoms with Gasteiger partial charge in [-0.1, -0.05) is 0 Å². The van der Waals surface area contributed by atoms with Crippen LogP contribution in [0.3, 0.4) is 0 Å². The van der Waals surface area contributed by atoms with Crippen molar-refractivity contribution >= 4 is 21.7 Å². The molecule has 0 aliphatic heterocycles. The van der Waals surface area contributed by atoms with Gasteiger partial charge in [0.1, 0.15) is 10.6 Å². The molecule has 0 saturated heterocycles. The first-order valence-corrected chi connectivity index (χ1v) is 5.60. The van der Waals surface area contributed by atoms with Crippen LogP contribution in [0.15, 0.2) is 27.5 Å². The minimum Gasteiger partial charge on any atom is -0.495 e. The highest BCUT2D eigenvalue weighted by Gasteiger charge is 2.19. The lowest BCUT2D eigenvalue weighted by molar-refractivity contribution is 0.403. The number of hydrogen-bond acceptors (Lipinski definition) is 4. The van der Waals surface area contributed by atoms with Crippen molar-refractivity contribution in [1.82, 2.24) is 0 Å². The monoisotopic (exact) mass is 244 g/mol. The number of ether oxygens (including phenoxy) is 1. The molecule has 0 saturated carbocycles. The van der Waals surface area contributed by atoms with Crippen LogP contribution >= 0.6 is 0 Å². The second-order valence-electron chi connectivity index (χ2n) is 2.90. The van der Waals surface area contributed by atoms with Crippen LogP contribution in [0.1, 0.15) is 0 Å². The molecule has 0 aromatic heterocycles. The van der Waals surface area contributed by atoms with E-state index in [4.69, 9.17) is 21.9 Å². The summed E-state index contributed by atoms with van der Waals surface area (Å²) in [5, 5.41) is 0. The van der Waals surface area contributed by atoms with Crippen molar-refractivity contribution in [3.05, 3.63) is 18.2 Å². The second kappa shape index (κ2) is 4.27. The normalized spacial score (nSPS) is 10.8. The van der Waals surface area contributed by atoms with Crippen molar-refractivity contribution in [3.63, 3.8) is 0 Å². The molecule has 0 atom stereocenters. The minimum absolute atomic E-state index is 0.124. The fraction of sp³-hybridized carbons (Fsp3) is 0.125. The van der Waals surface area contributed by atoms with Crippen LogP contribution in [0, 0.1) is 0 Å². The van der Waals surface area contributed by atoms with Crippen LogP contribution in [-0.4, -0.2) is 21.5 Å². The van der Waals surface area contributed by atoms with E-state index in [-0.39, 0.29) is 16.3 Å². The Morgan fingerprint density at radius 3 is 2.50 bits per heavy atom. The smallest absolute Gasteiger partial charge is 0.289 e. The molecular formula is C8H12N4O3S. The van der Waals surface area contributed by atoms with Gasteiger partial charge in [-0.25, -0.2) is 0 Å². The number of sulfonamides is 1. The van der Waals surface area contributed by atoms with Gasteiger partial charge in [-0.15, -0.1) is 4.40 Å². The van der Waals surface area contributed by atoms with E-state index in [0.717, 1.165) is 0 Å². The quantitative estimate of drug-likeness (QED) is 0.363. The number of nitrogens with two attached hydrogens (primary N) is 3. The number of nitrogens with zero attached hydrogens (tertiary/aromatic N) is 1. The molecule has 0 aliphatic rings. The maximum atomic E-state index is 11.7. The predicted octanol–water partition coefficient (Wildman–Crippen LogP) is -0.760. The Labute approximate surface area is 93.0 Å². The summed E-state index contributed by atoms with van der Waals surface area (Å²) in [7, 11) is -2.66. The number of methoxy groups -OCH3 is 1. The van der Waals surface area contributed by atoms with Crippen molar-refractivity contribution in [2.75, 3.05) is 12.8 Å². The van der Waals surface area contributed by atoms with Gasteiger partial charge >= 0.3 is 0 Å². The van der Waals surface area contributed by atoms with Crippen LogP contribution in [-0.2, 0) is 10.0 Å². The molecule has 7 nitrogen and oxygen atoms in total. The highest BCUT2D eigenvalue weighted by Crippen LogP contribution is 2.27. The van der Waals surface area contributed by atoms with Gasteiger partial charge in [-0.05, 0) is 18.2 Å². The highest BCUT2D eigenvalue weighted by atomic mass is 32.2. The number of rotatable bonds is 3. The summed E-state index contributed by atoms with van der Waals surface area (Å²) in [6.45, 7) is 0. The summed E-state index contributed by atoms with van der Waals surface area (Å²) >= 11 is 0. The first-order chi connectivity index (χ1) is 7.36. The van der Waals surface area contributed by atoms with Crippen molar-refractivity contribution in [2.45, 2.75) is 4.90 Å². The number of benzene rings is 1. The van der Waals surface area contributed by atoms with E-state index in [0.29, 0.717) is 0 Å². The fourth-order valence-electron chi connectivity index (χ4n) is 1.08. The third kappa shape index (κ3) is 2.54. The molecule has 1 aromatic rings. The van der Waals surface area contributed by atoms with Crippen LogP contribution in [0.4, 0.5) is 5.69 Å². The third-order valence-corrected chi connectivity index (χ3v) is 3.02. The third-order valence-electron chi connectivity index (χ3n) is 1.69. The van der Waals surface area contributed by atoms with Crippen molar-refractivity contribution in [3.8, 4) is 5.75 Å². The summed E-state index contributed by atoms with van der Waals surface area (Å²) in [4.78, 5) is -0.177. The Kier molecular flexibility index (Phi) is 3.23. The van der Waals surface area contributed by atoms with E-state index in [1.807, 2.05) is 0 Å². The van der Waals surface area contributed by atoms with Gasteiger partial charge in [0.2, 0.25) is 5.96 Å². The van der Waals surface area contributed by atoms with Crippen LogP contribution in [0.5, 0.6) is 5.75 Å². The highest BCUT2D eigenvalue weighted by molar-refractivity contribution is 7.90. The zero-order valence-corrected chi connectivity index (χ0v) is 9.36. The first-order valence-electron chi connectivity index (χ1n) is 4.16. The van der Waals surface area contributed by atoms with Gasteiger partial charge in [-0.3, -0.25) is 0 Å². The molecule has 0 spiro atoms. The van der Waals surface area contributed by atoms with Crippen LogP contribution in [0.2, 0.25) is 0 Å². The van der Waals surface area contributed by atoms with E-state index in [9.17, 15) is 8.42 Å². The number of guanidine groups is 1. The lowest BCUT2D eigenvalue weighted by Crippen LogP contribution is -2.24. The maximum Gasteiger partial charge on any atom is 0.289 e. The van der Waals surface area contributed by atoms with Crippen LogP contribution in [0.25, 0.3) is 0 Å². The molecule has 1 rings (SSSR count). The Morgan fingerprint density at radius 1 is 1.38 bits per heavy atom. The summed E-state index contributed by atoms with van der Waals surface area (Å²) in [5.41, 5.74) is 15.8. The Bertz CT molecular complexity index is 520.